The molecule has 0 radical (unpaired) electrons. The Labute approximate surface area is 137 Å². The predicted molar refractivity (Wildman–Crippen MR) is 86.8 cm³/mol. The van der Waals surface area contributed by atoms with E-state index in [9.17, 15) is 5.26 Å². The van der Waals surface area contributed by atoms with E-state index in [2.05, 4.69) is 33.2 Å². The van der Waals surface area contributed by atoms with Crippen LogP contribution < -0.4 is 4.74 Å². The van der Waals surface area contributed by atoms with Gasteiger partial charge in [-0.25, -0.2) is 0 Å². The van der Waals surface area contributed by atoms with Gasteiger partial charge in [-0.2, -0.15) is 10.4 Å². The fraction of sp³-hybridized carbons (Fsp3) is 0.412. The number of nitrogens with zero attached hydrogens (tertiary/aromatic N) is 3. The van der Waals surface area contributed by atoms with Crippen LogP contribution >= 0.6 is 15.9 Å². The van der Waals surface area contributed by atoms with Crippen LogP contribution in [0.15, 0.2) is 22.8 Å². The molecule has 1 aliphatic heterocycles. The summed E-state index contributed by atoms with van der Waals surface area (Å²) in [6.07, 6.45) is 6.42. The zero-order chi connectivity index (χ0) is 15.1. The minimum atomic E-state index is 0.583. The Bertz CT molecular complexity index is 771. The van der Waals surface area contributed by atoms with Crippen molar-refractivity contribution in [1.82, 2.24) is 9.78 Å². The maximum atomic E-state index is 9.66. The summed E-state index contributed by atoms with van der Waals surface area (Å²) in [6, 6.07) is 6.54. The molecule has 1 aromatic heterocycles. The van der Waals surface area contributed by atoms with Gasteiger partial charge >= 0.3 is 0 Å². The van der Waals surface area contributed by atoms with Crippen molar-refractivity contribution in [3.05, 3.63) is 33.9 Å². The Morgan fingerprint density at radius 2 is 2.18 bits per heavy atom. The summed E-state index contributed by atoms with van der Waals surface area (Å²) in [7, 11) is 0. The van der Waals surface area contributed by atoms with Gasteiger partial charge in [-0.1, -0.05) is 6.42 Å². The van der Waals surface area contributed by atoms with Crippen molar-refractivity contribution < 1.29 is 4.74 Å². The normalized spacial score (nSPS) is 17.3. The minimum absolute atomic E-state index is 0.583. The fourth-order valence-electron chi connectivity index (χ4n) is 3.24. The summed E-state index contributed by atoms with van der Waals surface area (Å²) < 4.78 is 8.88. The van der Waals surface area contributed by atoms with E-state index in [1.807, 2.05) is 10.7 Å². The molecule has 0 spiro atoms. The van der Waals surface area contributed by atoms with Gasteiger partial charge in [-0.05, 0) is 52.4 Å². The lowest BCUT2D eigenvalue weighted by Crippen LogP contribution is -2.14. The predicted octanol–water partition coefficient (Wildman–Crippen LogP) is 4.23. The van der Waals surface area contributed by atoms with Crippen molar-refractivity contribution in [1.29, 1.82) is 5.26 Å². The van der Waals surface area contributed by atoms with Crippen LogP contribution in [0.4, 0.5) is 0 Å². The largest absolute Gasteiger partial charge is 0.493 e. The van der Waals surface area contributed by atoms with Crippen LogP contribution in [-0.2, 0) is 6.54 Å². The lowest BCUT2D eigenvalue weighted by Gasteiger charge is -2.27. The highest BCUT2D eigenvalue weighted by molar-refractivity contribution is 9.10. The van der Waals surface area contributed by atoms with Gasteiger partial charge < -0.3 is 4.74 Å². The van der Waals surface area contributed by atoms with Crippen molar-refractivity contribution in [3.63, 3.8) is 0 Å². The molecule has 4 rings (SSSR count). The zero-order valence-electron chi connectivity index (χ0n) is 12.2. The van der Waals surface area contributed by atoms with Crippen LogP contribution in [0.2, 0.25) is 0 Å². The lowest BCUT2D eigenvalue weighted by atomic mass is 9.79. The Hall–Kier alpha value is -1.80. The van der Waals surface area contributed by atoms with E-state index >= 15 is 0 Å². The molecule has 0 atom stereocenters. The second-order valence-corrected chi connectivity index (χ2v) is 6.80. The summed E-state index contributed by atoms with van der Waals surface area (Å²) in [4.78, 5) is 0. The zero-order valence-corrected chi connectivity index (χ0v) is 13.8. The Balaban J connectivity index is 1.95. The molecule has 0 saturated heterocycles. The highest BCUT2D eigenvalue weighted by Crippen LogP contribution is 2.44. The van der Waals surface area contributed by atoms with Gasteiger partial charge in [0.1, 0.15) is 5.75 Å². The van der Waals surface area contributed by atoms with Crippen LogP contribution in [0.1, 0.15) is 42.7 Å². The SMILES string of the molecule is N#Cc1cc(C2CCC2)cc2c1-c1c(Br)cnn1CCCO2. The molecular formula is C17H16BrN3O. The van der Waals surface area contributed by atoms with Crippen molar-refractivity contribution in [3.8, 4) is 23.1 Å². The number of hydrogen-bond donors (Lipinski definition) is 0. The van der Waals surface area contributed by atoms with Crippen molar-refractivity contribution >= 4 is 15.9 Å². The maximum Gasteiger partial charge on any atom is 0.130 e. The second kappa shape index (κ2) is 5.44. The molecule has 0 N–H and O–H groups in total. The molecule has 1 saturated carbocycles. The minimum Gasteiger partial charge on any atom is -0.493 e. The quantitative estimate of drug-likeness (QED) is 0.766. The lowest BCUT2D eigenvalue weighted by molar-refractivity contribution is 0.294. The molecular weight excluding hydrogens is 342 g/mol. The van der Waals surface area contributed by atoms with Crippen LogP contribution in [0.5, 0.6) is 5.75 Å². The number of ether oxygens (including phenoxy) is 1. The Morgan fingerprint density at radius 1 is 1.32 bits per heavy atom. The van der Waals surface area contributed by atoms with Crippen LogP contribution in [0.25, 0.3) is 11.3 Å². The molecule has 0 bridgehead atoms. The molecule has 2 heterocycles. The van der Waals surface area contributed by atoms with Gasteiger partial charge in [-0.15, -0.1) is 0 Å². The number of fused-ring (bicyclic) bond motifs is 3. The summed E-state index contributed by atoms with van der Waals surface area (Å²) in [5.74, 6) is 1.41. The molecule has 1 aliphatic carbocycles. The van der Waals surface area contributed by atoms with E-state index in [1.165, 1.54) is 24.8 Å². The first-order chi connectivity index (χ1) is 10.8. The molecule has 0 amide bonds. The number of halogens is 1. The smallest absolute Gasteiger partial charge is 0.130 e. The third-order valence-electron chi connectivity index (χ3n) is 4.62. The fourth-order valence-corrected chi connectivity index (χ4v) is 3.73. The molecule has 2 aromatic rings. The van der Waals surface area contributed by atoms with Gasteiger partial charge in [0.15, 0.2) is 0 Å². The number of aromatic nitrogens is 2. The first kappa shape index (κ1) is 13.8. The highest BCUT2D eigenvalue weighted by atomic mass is 79.9. The number of hydrogen-bond acceptors (Lipinski definition) is 3. The van der Waals surface area contributed by atoms with E-state index in [4.69, 9.17) is 4.74 Å². The molecule has 1 aromatic carbocycles. The van der Waals surface area contributed by atoms with E-state index in [0.29, 0.717) is 18.1 Å². The van der Waals surface area contributed by atoms with E-state index in [0.717, 1.165) is 34.4 Å². The average molecular weight is 358 g/mol. The topological polar surface area (TPSA) is 50.8 Å². The monoisotopic (exact) mass is 357 g/mol. The first-order valence-corrected chi connectivity index (χ1v) is 8.49. The van der Waals surface area contributed by atoms with Gasteiger partial charge in [0.05, 0.1) is 40.2 Å². The van der Waals surface area contributed by atoms with Gasteiger partial charge in [-0.3, -0.25) is 4.68 Å². The third-order valence-corrected chi connectivity index (χ3v) is 5.21. The number of nitriles is 1. The van der Waals surface area contributed by atoms with Crippen molar-refractivity contribution in [2.75, 3.05) is 6.61 Å². The third kappa shape index (κ3) is 2.14. The van der Waals surface area contributed by atoms with Gasteiger partial charge in [0.25, 0.3) is 0 Å². The van der Waals surface area contributed by atoms with Crippen LogP contribution in [-0.4, -0.2) is 16.4 Å². The highest BCUT2D eigenvalue weighted by Gasteiger charge is 2.26. The Morgan fingerprint density at radius 3 is 2.91 bits per heavy atom. The molecule has 4 nitrogen and oxygen atoms in total. The summed E-state index contributed by atoms with van der Waals surface area (Å²) in [6.45, 7) is 1.46. The van der Waals surface area contributed by atoms with E-state index in [-0.39, 0.29) is 0 Å². The number of rotatable bonds is 1. The van der Waals surface area contributed by atoms with Crippen LogP contribution in [0, 0.1) is 11.3 Å². The molecule has 22 heavy (non-hydrogen) atoms. The first-order valence-electron chi connectivity index (χ1n) is 7.70. The summed E-state index contributed by atoms with van der Waals surface area (Å²) in [5, 5.41) is 14.1. The van der Waals surface area contributed by atoms with Gasteiger partial charge in [0, 0.05) is 13.0 Å². The van der Waals surface area contributed by atoms with Gasteiger partial charge in [0.2, 0.25) is 0 Å². The summed E-state index contributed by atoms with van der Waals surface area (Å²) in [5.41, 5.74) is 3.74. The molecule has 2 aliphatic rings. The Kier molecular flexibility index (Phi) is 3.42. The molecule has 112 valence electrons. The van der Waals surface area contributed by atoms with Crippen LogP contribution in [0.3, 0.4) is 0 Å². The molecule has 5 heteroatoms. The number of benzene rings is 1. The van der Waals surface area contributed by atoms with Crippen molar-refractivity contribution in [2.45, 2.75) is 38.1 Å². The van der Waals surface area contributed by atoms with E-state index < -0.39 is 0 Å². The second-order valence-electron chi connectivity index (χ2n) is 5.95. The molecule has 1 fully saturated rings. The maximum absolute atomic E-state index is 9.66. The number of aryl methyl sites for hydroxylation is 1. The molecule has 0 unspecified atom stereocenters. The summed E-state index contributed by atoms with van der Waals surface area (Å²) >= 11 is 3.57. The average Bonchev–Trinajstić information content (AvgIpc) is 2.79. The standard InChI is InChI=1S/C17H16BrN3O/c18-14-10-20-21-5-2-6-22-15-8-12(11-3-1-4-11)7-13(9-19)16(15)17(14)21/h7-8,10-11H,1-6H2. The van der Waals surface area contributed by atoms with E-state index in [1.54, 1.807) is 6.20 Å². The van der Waals surface area contributed by atoms with Crippen molar-refractivity contribution in [2.24, 2.45) is 0 Å².